The van der Waals surface area contributed by atoms with Crippen molar-refractivity contribution >= 4 is 35.0 Å². The predicted octanol–water partition coefficient (Wildman–Crippen LogP) is 3.26. The molecule has 1 aromatic carbocycles. The molecule has 2 aromatic rings. The van der Waals surface area contributed by atoms with Crippen LogP contribution in [0, 0.1) is 0 Å². The lowest BCUT2D eigenvalue weighted by atomic mass is 10.1. The highest BCUT2D eigenvalue weighted by molar-refractivity contribution is 6.36. The average Bonchev–Trinajstić information content (AvgIpc) is 3.17. The molecule has 2 amide bonds. The monoisotopic (exact) mass is 393 g/mol. The van der Waals surface area contributed by atoms with Gasteiger partial charge in [-0.25, -0.2) is 0 Å². The van der Waals surface area contributed by atoms with Gasteiger partial charge in [0.2, 0.25) is 0 Å². The van der Waals surface area contributed by atoms with Gasteiger partial charge in [-0.05, 0) is 36.6 Å². The second kappa shape index (κ2) is 7.93. The number of aromatic hydroxyl groups is 1. The van der Waals surface area contributed by atoms with E-state index in [9.17, 15) is 14.7 Å². The van der Waals surface area contributed by atoms with Crippen LogP contribution in [0.4, 0.5) is 0 Å². The first-order chi connectivity index (χ1) is 12.5. The number of phenolic OH excluding ortho intramolecular Hbond substituents is 1. The number of carbonyl (C=O) groups is 2. The van der Waals surface area contributed by atoms with Gasteiger partial charge in [-0.3, -0.25) is 14.6 Å². The van der Waals surface area contributed by atoms with Crippen LogP contribution in [0.2, 0.25) is 10.0 Å². The van der Waals surface area contributed by atoms with Crippen LogP contribution in [-0.4, -0.2) is 39.9 Å². The Morgan fingerprint density at radius 3 is 2.58 bits per heavy atom. The van der Waals surface area contributed by atoms with Crippen LogP contribution < -0.4 is 5.32 Å². The van der Waals surface area contributed by atoms with Gasteiger partial charge in [-0.15, -0.1) is 0 Å². The van der Waals surface area contributed by atoms with Crippen molar-refractivity contribution in [1.82, 2.24) is 15.2 Å². The number of amides is 2. The predicted molar refractivity (Wildman–Crippen MR) is 98.7 cm³/mol. The first-order valence-electron chi connectivity index (χ1n) is 8.16. The molecule has 3 rings (SSSR count). The summed E-state index contributed by atoms with van der Waals surface area (Å²) in [6, 6.07) is 6.08. The summed E-state index contributed by atoms with van der Waals surface area (Å²) in [5.41, 5.74) is 1.11. The summed E-state index contributed by atoms with van der Waals surface area (Å²) in [5, 5.41) is 12.8. The zero-order chi connectivity index (χ0) is 18.7. The van der Waals surface area contributed by atoms with Gasteiger partial charge >= 0.3 is 0 Å². The van der Waals surface area contributed by atoms with E-state index in [1.165, 1.54) is 12.1 Å². The Morgan fingerprint density at radius 1 is 1.19 bits per heavy atom. The summed E-state index contributed by atoms with van der Waals surface area (Å²) in [5.74, 6) is -0.904. The van der Waals surface area contributed by atoms with Crippen LogP contribution in [0.5, 0.6) is 5.75 Å². The smallest absolute Gasteiger partial charge is 0.272 e. The summed E-state index contributed by atoms with van der Waals surface area (Å²) in [7, 11) is 0. The number of nitrogens with one attached hydrogen (secondary N) is 1. The maximum absolute atomic E-state index is 12.3. The topological polar surface area (TPSA) is 82.5 Å². The SMILES string of the molecule is O=C(NCc1ccc(C(=O)N2CCCC2)nc1)c1cc(Cl)cc(Cl)c1O. The molecule has 8 heteroatoms. The maximum atomic E-state index is 12.3. The number of likely N-dealkylation sites (tertiary alicyclic amines) is 1. The van der Waals surface area contributed by atoms with Crippen LogP contribution in [0.1, 0.15) is 39.3 Å². The number of nitrogens with zero attached hydrogens (tertiary/aromatic N) is 2. The highest BCUT2D eigenvalue weighted by Crippen LogP contribution is 2.31. The Balaban J connectivity index is 1.63. The molecule has 0 radical (unpaired) electrons. The second-order valence-electron chi connectivity index (χ2n) is 6.02. The molecule has 0 unspecified atom stereocenters. The summed E-state index contributed by atoms with van der Waals surface area (Å²) in [6.45, 7) is 1.72. The lowest BCUT2D eigenvalue weighted by Gasteiger charge is -2.14. The molecule has 2 heterocycles. The first kappa shape index (κ1) is 18.5. The van der Waals surface area contributed by atoms with Crippen molar-refractivity contribution in [3.8, 4) is 5.75 Å². The molecule has 0 aliphatic carbocycles. The fraction of sp³-hybridized carbons (Fsp3) is 0.278. The maximum Gasteiger partial charge on any atom is 0.272 e. The lowest BCUT2D eigenvalue weighted by Crippen LogP contribution is -2.28. The molecule has 1 aromatic heterocycles. The van der Waals surface area contributed by atoms with Crippen LogP contribution in [0.15, 0.2) is 30.5 Å². The van der Waals surface area contributed by atoms with Gasteiger partial charge < -0.3 is 15.3 Å². The number of phenols is 1. The van der Waals surface area contributed by atoms with Gasteiger partial charge in [0.05, 0.1) is 10.6 Å². The minimum Gasteiger partial charge on any atom is -0.506 e. The normalized spacial score (nSPS) is 13.7. The molecule has 2 N–H and O–H groups in total. The van der Waals surface area contributed by atoms with Gasteiger partial charge in [-0.2, -0.15) is 0 Å². The van der Waals surface area contributed by atoms with Crippen molar-refractivity contribution in [1.29, 1.82) is 0 Å². The third-order valence-corrected chi connectivity index (χ3v) is 4.67. The van der Waals surface area contributed by atoms with Crippen LogP contribution in [-0.2, 0) is 6.54 Å². The zero-order valence-electron chi connectivity index (χ0n) is 13.8. The molecule has 0 spiro atoms. The van der Waals surface area contributed by atoms with Gasteiger partial charge in [-0.1, -0.05) is 29.3 Å². The molecule has 26 heavy (non-hydrogen) atoms. The van der Waals surface area contributed by atoms with E-state index in [0.29, 0.717) is 5.69 Å². The molecule has 0 atom stereocenters. The van der Waals surface area contributed by atoms with Gasteiger partial charge in [0.15, 0.2) is 0 Å². The third kappa shape index (κ3) is 4.08. The van der Waals surface area contributed by atoms with E-state index in [2.05, 4.69) is 10.3 Å². The second-order valence-corrected chi connectivity index (χ2v) is 6.86. The molecule has 1 saturated heterocycles. The molecule has 1 fully saturated rings. The largest absolute Gasteiger partial charge is 0.506 e. The minimum atomic E-state index is -0.510. The number of hydrogen-bond donors (Lipinski definition) is 2. The summed E-state index contributed by atoms with van der Waals surface area (Å²) < 4.78 is 0. The lowest BCUT2D eigenvalue weighted by molar-refractivity contribution is 0.0786. The summed E-state index contributed by atoms with van der Waals surface area (Å²) in [4.78, 5) is 30.4. The summed E-state index contributed by atoms with van der Waals surface area (Å²) >= 11 is 11.7. The highest BCUT2D eigenvalue weighted by atomic mass is 35.5. The zero-order valence-corrected chi connectivity index (χ0v) is 15.3. The highest BCUT2D eigenvalue weighted by Gasteiger charge is 2.20. The molecular formula is C18H17Cl2N3O3. The number of pyridine rings is 1. The number of hydrogen-bond acceptors (Lipinski definition) is 4. The van der Waals surface area contributed by atoms with E-state index in [-0.39, 0.29) is 33.8 Å². The Bertz CT molecular complexity index is 834. The Hall–Kier alpha value is -2.31. The van der Waals surface area contributed by atoms with Crippen molar-refractivity contribution in [3.63, 3.8) is 0 Å². The van der Waals surface area contributed by atoms with E-state index in [0.717, 1.165) is 31.5 Å². The van der Waals surface area contributed by atoms with Crippen molar-refractivity contribution < 1.29 is 14.7 Å². The molecule has 1 aliphatic heterocycles. The quantitative estimate of drug-likeness (QED) is 0.834. The van der Waals surface area contributed by atoms with E-state index in [1.807, 2.05) is 0 Å². The van der Waals surface area contributed by atoms with Crippen molar-refractivity contribution in [2.24, 2.45) is 0 Å². The Morgan fingerprint density at radius 2 is 1.92 bits per heavy atom. The number of halogens is 2. The van der Waals surface area contributed by atoms with Gasteiger partial charge in [0, 0.05) is 30.9 Å². The van der Waals surface area contributed by atoms with Gasteiger partial charge in [0.25, 0.3) is 11.8 Å². The Labute approximate surface area is 160 Å². The van der Waals surface area contributed by atoms with Crippen molar-refractivity contribution in [2.75, 3.05) is 13.1 Å². The van der Waals surface area contributed by atoms with E-state index in [1.54, 1.807) is 23.2 Å². The molecule has 1 aliphatic rings. The molecular weight excluding hydrogens is 377 g/mol. The average molecular weight is 394 g/mol. The molecule has 0 saturated carbocycles. The fourth-order valence-electron chi connectivity index (χ4n) is 2.75. The standard InChI is InChI=1S/C18H17Cl2N3O3/c19-12-7-13(16(24)14(20)8-12)17(25)22-10-11-3-4-15(21-9-11)18(26)23-5-1-2-6-23/h3-4,7-9,24H,1-2,5-6,10H2,(H,22,25). The summed E-state index contributed by atoms with van der Waals surface area (Å²) in [6.07, 6.45) is 3.60. The Kier molecular flexibility index (Phi) is 5.64. The molecule has 6 nitrogen and oxygen atoms in total. The molecule has 136 valence electrons. The van der Waals surface area contributed by atoms with Crippen LogP contribution in [0.3, 0.4) is 0 Å². The molecule has 0 bridgehead atoms. The number of benzene rings is 1. The first-order valence-corrected chi connectivity index (χ1v) is 8.91. The number of rotatable bonds is 4. The fourth-order valence-corrected chi connectivity index (χ4v) is 3.25. The minimum absolute atomic E-state index is 0.00343. The van der Waals surface area contributed by atoms with Crippen molar-refractivity contribution in [3.05, 3.63) is 57.3 Å². The van der Waals surface area contributed by atoms with Crippen LogP contribution in [0.25, 0.3) is 0 Å². The van der Waals surface area contributed by atoms with Crippen molar-refractivity contribution in [2.45, 2.75) is 19.4 Å². The third-order valence-electron chi connectivity index (χ3n) is 4.16. The van der Waals surface area contributed by atoms with E-state index in [4.69, 9.17) is 23.2 Å². The van der Waals surface area contributed by atoms with E-state index >= 15 is 0 Å². The van der Waals surface area contributed by atoms with Gasteiger partial charge in [0.1, 0.15) is 11.4 Å². The number of carbonyl (C=O) groups excluding carboxylic acids is 2. The van der Waals surface area contributed by atoms with E-state index < -0.39 is 5.91 Å². The number of aromatic nitrogens is 1. The van der Waals surface area contributed by atoms with Crippen LogP contribution >= 0.6 is 23.2 Å².